The van der Waals surface area contributed by atoms with Gasteiger partial charge in [-0.15, -0.1) is 20.4 Å². The van der Waals surface area contributed by atoms with E-state index in [0.717, 1.165) is 5.56 Å². The smallest absolute Gasteiger partial charge is 0.252 e. The molecular formula is C31H46N6O10. The van der Waals surface area contributed by atoms with Crippen molar-refractivity contribution in [3.8, 4) is 11.4 Å². The summed E-state index contributed by atoms with van der Waals surface area (Å²) >= 11 is 0. The van der Waals surface area contributed by atoms with Gasteiger partial charge in [0.2, 0.25) is 11.7 Å². The molecule has 0 aliphatic carbocycles. The summed E-state index contributed by atoms with van der Waals surface area (Å²) in [6.07, 6.45) is -12.7. The Morgan fingerprint density at radius 2 is 1.60 bits per heavy atom. The Balaban J connectivity index is 1.54. The maximum Gasteiger partial charge on any atom is 0.252 e. The number of aryl methyl sites for hydroxylation is 1. The van der Waals surface area contributed by atoms with Gasteiger partial charge < -0.3 is 50.0 Å². The van der Waals surface area contributed by atoms with Crippen LogP contribution in [0.1, 0.15) is 52.9 Å². The van der Waals surface area contributed by atoms with Gasteiger partial charge in [0, 0.05) is 19.0 Å². The number of aliphatic hydroxyl groups excluding tert-OH is 4. The summed E-state index contributed by atoms with van der Waals surface area (Å²) in [4.78, 5) is 25.8. The number of carbonyl (C=O) groups excluding carboxylic acids is 2. The predicted octanol–water partition coefficient (Wildman–Crippen LogP) is -0.845. The van der Waals surface area contributed by atoms with E-state index in [0.29, 0.717) is 17.2 Å². The zero-order chi connectivity index (χ0) is 34.6. The van der Waals surface area contributed by atoms with Crippen molar-refractivity contribution in [3.05, 3.63) is 35.7 Å². The Hall–Kier alpha value is -3.22. The van der Waals surface area contributed by atoms with Crippen LogP contribution in [0.4, 0.5) is 0 Å². The maximum absolute atomic E-state index is 13.6. The van der Waals surface area contributed by atoms with Crippen LogP contribution in [-0.4, -0.2) is 127 Å². The molecular weight excluding hydrogens is 616 g/mol. The lowest BCUT2D eigenvalue weighted by Gasteiger charge is -2.51. The first-order valence-corrected chi connectivity index (χ1v) is 15.6. The Bertz CT molecular complexity index is 1340. The van der Waals surface area contributed by atoms with E-state index in [9.17, 15) is 30.0 Å². The minimum atomic E-state index is -1.71. The lowest BCUT2D eigenvalue weighted by molar-refractivity contribution is -0.332. The molecule has 1 aromatic carbocycles. The van der Waals surface area contributed by atoms with Crippen LogP contribution in [0.3, 0.4) is 0 Å². The van der Waals surface area contributed by atoms with E-state index >= 15 is 0 Å². The summed E-state index contributed by atoms with van der Waals surface area (Å²) in [6.45, 7) is 11.5. The van der Waals surface area contributed by atoms with Crippen molar-refractivity contribution in [3.63, 3.8) is 0 Å². The molecule has 16 heteroatoms. The fourth-order valence-corrected chi connectivity index (χ4v) is 5.64. The zero-order valence-electron chi connectivity index (χ0n) is 27.6. The molecule has 2 saturated heterocycles. The third kappa shape index (κ3) is 8.83. The minimum absolute atomic E-state index is 0.0809. The molecule has 3 heterocycles. The molecule has 2 fully saturated rings. The Labute approximate surface area is 273 Å². The van der Waals surface area contributed by atoms with Crippen LogP contribution in [-0.2, 0) is 35.1 Å². The van der Waals surface area contributed by atoms with Crippen LogP contribution in [0.25, 0.3) is 11.4 Å². The second kappa shape index (κ2) is 15.3. The van der Waals surface area contributed by atoms with Gasteiger partial charge in [0.15, 0.2) is 18.2 Å². The molecule has 2 aliphatic rings. The van der Waals surface area contributed by atoms with Crippen molar-refractivity contribution in [2.75, 3.05) is 6.61 Å². The normalized spacial score (nSPS) is 31.4. The molecule has 2 aromatic rings. The number of nitrogens with one attached hydrogen (secondary N) is 2. The highest BCUT2D eigenvalue weighted by Crippen LogP contribution is 2.36. The molecule has 10 atom stereocenters. The minimum Gasteiger partial charge on any atom is -0.394 e. The number of hydrogen-bond donors (Lipinski definition) is 6. The van der Waals surface area contributed by atoms with Crippen molar-refractivity contribution >= 4 is 11.8 Å². The SMILES string of the molecule is CC(=O)NC1[C@@H](O[C@@H]2OC(C(=O)NCc3ccc(-c4nnc(C)nn4)cc3)[C@@H](OC(C)C)[C@H](O)C2O)[C@H](O)C(CO)O[C@H]1C(C)(C)C. The first kappa shape index (κ1) is 36.6. The monoisotopic (exact) mass is 662 g/mol. The first-order chi connectivity index (χ1) is 22.1. The van der Waals surface area contributed by atoms with Gasteiger partial charge >= 0.3 is 0 Å². The van der Waals surface area contributed by atoms with Crippen LogP contribution >= 0.6 is 0 Å². The van der Waals surface area contributed by atoms with E-state index in [1.807, 2.05) is 20.8 Å². The lowest BCUT2D eigenvalue weighted by Crippen LogP contribution is -2.70. The zero-order valence-corrected chi connectivity index (χ0v) is 27.6. The standard InChI is InChI=1S/C31H46N6O10/c1-14(2)44-25-22(41)23(42)30(46-24-20(33-16(4)39)27(31(5,6)7)45-19(13-38)21(24)40)47-26(25)29(43)32-12-17-8-10-18(11-9-17)28-36-34-15(3)35-37-28/h8-11,14,19-27,30,38,40-42H,12-13H2,1-7H3,(H,32,43)(H,33,39)/t19?,20?,21-,22-,23?,24-,25+,26?,27-,30-/m1/s1. The summed E-state index contributed by atoms with van der Waals surface area (Å²) in [7, 11) is 0. The van der Waals surface area contributed by atoms with Crippen molar-refractivity contribution in [2.45, 2.75) is 122 Å². The van der Waals surface area contributed by atoms with Crippen LogP contribution in [0.2, 0.25) is 0 Å². The maximum atomic E-state index is 13.6. The van der Waals surface area contributed by atoms with Gasteiger partial charge in [-0.1, -0.05) is 45.0 Å². The fraction of sp³-hybridized carbons (Fsp3) is 0.677. The van der Waals surface area contributed by atoms with Gasteiger partial charge in [0.25, 0.3) is 5.91 Å². The highest BCUT2D eigenvalue weighted by Gasteiger charge is 2.54. The van der Waals surface area contributed by atoms with E-state index in [-0.39, 0.29) is 6.54 Å². The summed E-state index contributed by atoms with van der Waals surface area (Å²) in [6, 6.07) is 6.11. The number of rotatable bonds is 10. The van der Waals surface area contributed by atoms with Crippen LogP contribution in [0, 0.1) is 12.3 Å². The van der Waals surface area contributed by atoms with Crippen molar-refractivity contribution in [1.29, 1.82) is 0 Å². The van der Waals surface area contributed by atoms with E-state index in [1.54, 1.807) is 45.0 Å². The summed E-state index contributed by atoms with van der Waals surface area (Å²) in [5.41, 5.74) is 0.821. The fourth-order valence-electron chi connectivity index (χ4n) is 5.64. The molecule has 0 bridgehead atoms. The molecule has 2 aliphatic heterocycles. The molecule has 0 spiro atoms. The van der Waals surface area contributed by atoms with Crippen LogP contribution in [0.5, 0.6) is 0 Å². The van der Waals surface area contributed by atoms with Gasteiger partial charge in [0.05, 0.1) is 24.9 Å². The molecule has 4 rings (SSSR count). The number of nitrogens with zero attached hydrogens (tertiary/aromatic N) is 4. The Morgan fingerprint density at radius 1 is 0.957 bits per heavy atom. The van der Waals surface area contributed by atoms with Crippen molar-refractivity contribution in [2.24, 2.45) is 5.41 Å². The third-order valence-corrected chi connectivity index (χ3v) is 7.90. The van der Waals surface area contributed by atoms with Gasteiger partial charge in [0.1, 0.15) is 36.6 Å². The second-order valence-electron chi connectivity index (χ2n) is 13.2. The number of amides is 2. The predicted molar refractivity (Wildman–Crippen MR) is 164 cm³/mol. The third-order valence-electron chi connectivity index (χ3n) is 7.90. The molecule has 16 nitrogen and oxygen atoms in total. The second-order valence-corrected chi connectivity index (χ2v) is 13.2. The topological polar surface area (TPSA) is 228 Å². The molecule has 2 amide bonds. The number of hydrogen-bond acceptors (Lipinski definition) is 14. The molecule has 0 saturated carbocycles. The Morgan fingerprint density at radius 3 is 2.15 bits per heavy atom. The van der Waals surface area contributed by atoms with E-state index in [1.165, 1.54) is 6.92 Å². The van der Waals surface area contributed by atoms with Crippen molar-refractivity contribution < 1.29 is 49.0 Å². The first-order valence-electron chi connectivity index (χ1n) is 15.6. The summed E-state index contributed by atoms with van der Waals surface area (Å²) in [5, 5.41) is 64.8. The largest absolute Gasteiger partial charge is 0.394 e. The van der Waals surface area contributed by atoms with Gasteiger partial charge in [-0.2, -0.15) is 0 Å². The number of ether oxygens (including phenoxy) is 4. The van der Waals surface area contributed by atoms with E-state index in [4.69, 9.17) is 18.9 Å². The number of aromatic nitrogens is 4. The van der Waals surface area contributed by atoms with Crippen LogP contribution in [0.15, 0.2) is 24.3 Å². The lowest BCUT2D eigenvalue weighted by atomic mass is 9.78. The van der Waals surface area contributed by atoms with Gasteiger partial charge in [-0.25, -0.2) is 0 Å². The highest BCUT2D eigenvalue weighted by atomic mass is 16.7. The van der Waals surface area contributed by atoms with Gasteiger partial charge in [-0.3, -0.25) is 9.59 Å². The molecule has 4 unspecified atom stereocenters. The van der Waals surface area contributed by atoms with Crippen molar-refractivity contribution in [1.82, 2.24) is 31.0 Å². The summed E-state index contributed by atoms with van der Waals surface area (Å²) in [5.74, 6) is -0.288. The van der Waals surface area contributed by atoms with Gasteiger partial charge in [-0.05, 0) is 31.7 Å². The quantitative estimate of drug-likeness (QED) is 0.182. The molecule has 6 N–H and O–H groups in total. The average Bonchev–Trinajstić information content (AvgIpc) is 3.00. The average molecular weight is 663 g/mol. The molecule has 47 heavy (non-hydrogen) atoms. The number of aliphatic hydroxyl groups is 4. The molecule has 260 valence electrons. The summed E-state index contributed by atoms with van der Waals surface area (Å²) < 4.78 is 23.9. The number of carbonyl (C=O) groups is 2. The number of benzene rings is 1. The molecule has 1 aromatic heterocycles. The van der Waals surface area contributed by atoms with Crippen LogP contribution < -0.4 is 10.6 Å². The van der Waals surface area contributed by atoms with E-state index in [2.05, 4.69) is 31.0 Å². The van der Waals surface area contributed by atoms with E-state index < -0.39 is 91.1 Å². The molecule has 0 radical (unpaired) electrons. The Kier molecular flexibility index (Phi) is 11.9. The highest BCUT2D eigenvalue weighted by molar-refractivity contribution is 5.81.